The van der Waals surface area contributed by atoms with Gasteiger partial charge in [-0.05, 0) is 48.9 Å². The highest BCUT2D eigenvalue weighted by Gasteiger charge is 2.27. The molecule has 2 fully saturated rings. The first kappa shape index (κ1) is 23.3. The predicted octanol–water partition coefficient (Wildman–Crippen LogP) is 4.82. The third-order valence-corrected chi connectivity index (χ3v) is 7.23. The van der Waals surface area contributed by atoms with Crippen LogP contribution in [-0.4, -0.2) is 56.4 Å². The molecule has 1 N–H and O–H groups in total. The quantitative estimate of drug-likeness (QED) is 0.248. The van der Waals surface area contributed by atoms with E-state index in [9.17, 15) is 0 Å². The van der Waals surface area contributed by atoms with Gasteiger partial charge in [-0.25, -0.2) is 0 Å². The zero-order valence-electron chi connectivity index (χ0n) is 17.7. The first-order chi connectivity index (χ1) is 14.3. The lowest BCUT2D eigenvalue weighted by molar-refractivity contribution is 0.461. The summed E-state index contributed by atoms with van der Waals surface area (Å²) in [4.78, 5) is 10.9. The Morgan fingerprint density at radius 3 is 2.40 bits per heavy atom. The van der Waals surface area contributed by atoms with Gasteiger partial charge in [0.1, 0.15) is 0 Å². The summed E-state index contributed by atoms with van der Waals surface area (Å²) in [6.07, 6.45) is 2.50. The van der Waals surface area contributed by atoms with E-state index in [2.05, 4.69) is 80.8 Å². The van der Waals surface area contributed by atoms with Crippen LogP contribution >= 0.6 is 35.7 Å². The second-order valence-corrected chi connectivity index (χ2v) is 9.18. The van der Waals surface area contributed by atoms with Crippen molar-refractivity contribution in [2.24, 2.45) is 16.8 Å². The average Bonchev–Trinajstić information content (AvgIpc) is 3.44. The molecule has 0 radical (unpaired) electrons. The van der Waals surface area contributed by atoms with Crippen LogP contribution in [-0.2, 0) is 0 Å². The van der Waals surface area contributed by atoms with Crippen LogP contribution < -0.4 is 10.2 Å². The van der Waals surface area contributed by atoms with Crippen LogP contribution in [0.25, 0.3) is 0 Å². The number of benzene rings is 2. The number of aliphatic imine (C=N–C) groups is 1. The molecule has 0 spiro atoms. The topological polar surface area (TPSA) is 30.9 Å². The van der Waals surface area contributed by atoms with Crippen LogP contribution in [0.3, 0.4) is 0 Å². The molecule has 4 rings (SSSR count). The van der Waals surface area contributed by atoms with E-state index in [1.807, 2.05) is 18.8 Å². The Labute approximate surface area is 202 Å². The van der Waals surface area contributed by atoms with Crippen molar-refractivity contribution in [3.05, 3.63) is 60.7 Å². The van der Waals surface area contributed by atoms with Crippen LogP contribution in [0.15, 0.2) is 70.6 Å². The molecular formula is C24H33IN4S. The number of rotatable bonds is 6. The Morgan fingerprint density at radius 1 is 0.967 bits per heavy atom. The van der Waals surface area contributed by atoms with Gasteiger partial charge in [-0.1, -0.05) is 36.4 Å². The lowest BCUT2D eigenvalue weighted by Gasteiger charge is -2.23. The molecule has 2 aromatic rings. The molecule has 4 nitrogen and oxygen atoms in total. The van der Waals surface area contributed by atoms with Crippen LogP contribution in [0, 0.1) is 11.8 Å². The SMILES string of the molecule is CN=C(NCC1CCN(c2ccccc2)C1)N1CCC(CSc2ccccc2)C1.I. The molecule has 0 saturated carbocycles. The summed E-state index contributed by atoms with van der Waals surface area (Å²) in [6, 6.07) is 21.5. The van der Waals surface area contributed by atoms with Crippen molar-refractivity contribution < 1.29 is 0 Å². The molecule has 2 aliphatic heterocycles. The number of nitrogens with one attached hydrogen (secondary N) is 1. The van der Waals surface area contributed by atoms with Gasteiger partial charge in [-0.15, -0.1) is 35.7 Å². The number of para-hydroxylation sites is 1. The maximum absolute atomic E-state index is 4.57. The minimum Gasteiger partial charge on any atom is -0.371 e. The van der Waals surface area contributed by atoms with Gasteiger partial charge in [-0.3, -0.25) is 4.99 Å². The Morgan fingerprint density at radius 2 is 1.67 bits per heavy atom. The Hall–Kier alpha value is -1.41. The summed E-state index contributed by atoms with van der Waals surface area (Å²) in [5, 5.41) is 3.66. The summed E-state index contributed by atoms with van der Waals surface area (Å²) < 4.78 is 0. The molecule has 2 heterocycles. The van der Waals surface area contributed by atoms with Crippen LogP contribution in [0.1, 0.15) is 12.8 Å². The van der Waals surface area contributed by atoms with Gasteiger partial charge in [0.2, 0.25) is 0 Å². The van der Waals surface area contributed by atoms with Crippen molar-refractivity contribution in [2.45, 2.75) is 17.7 Å². The average molecular weight is 537 g/mol. The highest BCUT2D eigenvalue weighted by atomic mass is 127. The normalized spacial score (nSPS) is 21.6. The first-order valence-electron chi connectivity index (χ1n) is 10.8. The fourth-order valence-corrected chi connectivity index (χ4v) is 5.38. The molecule has 0 amide bonds. The minimum absolute atomic E-state index is 0. The summed E-state index contributed by atoms with van der Waals surface area (Å²) in [7, 11) is 1.92. The monoisotopic (exact) mass is 536 g/mol. The smallest absolute Gasteiger partial charge is 0.193 e. The number of hydrogen-bond donors (Lipinski definition) is 1. The molecule has 0 bridgehead atoms. The van der Waals surface area contributed by atoms with Crippen molar-refractivity contribution in [1.82, 2.24) is 10.2 Å². The minimum atomic E-state index is 0. The van der Waals surface area contributed by atoms with Gasteiger partial charge in [0.05, 0.1) is 0 Å². The Kier molecular flexibility index (Phi) is 9.18. The molecule has 0 aromatic heterocycles. The lowest BCUT2D eigenvalue weighted by atomic mass is 10.1. The summed E-state index contributed by atoms with van der Waals surface area (Å²) in [5.74, 6) is 3.68. The predicted molar refractivity (Wildman–Crippen MR) is 140 cm³/mol. The van der Waals surface area contributed by atoms with E-state index in [-0.39, 0.29) is 24.0 Å². The molecular weight excluding hydrogens is 503 g/mol. The third kappa shape index (κ3) is 6.30. The second-order valence-electron chi connectivity index (χ2n) is 8.09. The second kappa shape index (κ2) is 11.8. The van der Waals surface area contributed by atoms with E-state index in [1.54, 1.807) is 0 Å². The fourth-order valence-electron chi connectivity index (χ4n) is 4.33. The van der Waals surface area contributed by atoms with Crippen LogP contribution in [0.2, 0.25) is 0 Å². The molecule has 30 heavy (non-hydrogen) atoms. The summed E-state index contributed by atoms with van der Waals surface area (Å²) in [6.45, 7) is 5.51. The highest BCUT2D eigenvalue weighted by Crippen LogP contribution is 2.26. The highest BCUT2D eigenvalue weighted by molar-refractivity contribution is 14.0. The van der Waals surface area contributed by atoms with Crippen molar-refractivity contribution in [2.75, 3.05) is 50.4 Å². The molecule has 2 saturated heterocycles. The van der Waals surface area contributed by atoms with Crippen molar-refractivity contribution in [1.29, 1.82) is 0 Å². The molecule has 6 heteroatoms. The Balaban J connectivity index is 0.00000256. The van der Waals surface area contributed by atoms with E-state index in [1.165, 1.54) is 29.2 Å². The molecule has 2 atom stereocenters. The fraction of sp³-hybridized carbons (Fsp3) is 0.458. The lowest BCUT2D eigenvalue weighted by Crippen LogP contribution is -2.42. The maximum atomic E-state index is 4.57. The number of halogens is 1. The van der Waals surface area contributed by atoms with Gasteiger partial charge in [0.15, 0.2) is 5.96 Å². The van der Waals surface area contributed by atoms with Crippen LogP contribution in [0.5, 0.6) is 0 Å². The zero-order valence-corrected chi connectivity index (χ0v) is 20.9. The van der Waals surface area contributed by atoms with Crippen molar-refractivity contribution in [3.8, 4) is 0 Å². The molecule has 0 aliphatic carbocycles. The summed E-state index contributed by atoms with van der Waals surface area (Å²) in [5.41, 5.74) is 1.35. The number of anilines is 1. The zero-order chi connectivity index (χ0) is 19.9. The number of thioether (sulfide) groups is 1. The molecule has 2 aromatic carbocycles. The summed E-state index contributed by atoms with van der Waals surface area (Å²) >= 11 is 1.98. The maximum Gasteiger partial charge on any atom is 0.193 e. The molecule has 2 aliphatic rings. The van der Waals surface area contributed by atoms with Crippen molar-refractivity contribution in [3.63, 3.8) is 0 Å². The van der Waals surface area contributed by atoms with Crippen molar-refractivity contribution >= 4 is 47.4 Å². The number of guanidine groups is 1. The molecule has 2 unspecified atom stereocenters. The third-order valence-electron chi connectivity index (χ3n) is 5.98. The first-order valence-corrected chi connectivity index (χ1v) is 11.7. The van der Waals surface area contributed by atoms with E-state index < -0.39 is 0 Å². The van der Waals surface area contributed by atoms with E-state index in [0.29, 0.717) is 5.92 Å². The van der Waals surface area contributed by atoms with Gasteiger partial charge < -0.3 is 15.1 Å². The van der Waals surface area contributed by atoms with Crippen LogP contribution in [0.4, 0.5) is 5.69 Å². The van der Waals surface area contributed by atoms with E-state index in [4.69, 9.17) is 0 Å². The number of likely N-dealkylation sites (tertiary alicyclic amines) is 1. The van der Waals surface area contributed by atoms with Gasteiger partial charge in [0.25, 0.3) is 0 Å². The van der Waals surface area contributed by atoms with Gasteiger partial charge in [-0.2, -0.15) is 0 Å². The van der Waals surface area contributed by atoms with E-state index in [0.717, 1.165) is 44.6 Å². The van der Waals surface area contributed by atoms with E-state index >= 15 is 0 Å². The van der Waals surface area contributed by atoms with Gasteiger partial charge in [0, 0.05) is 56.1 Å². The Bertz CT molecular complexity index is 786. The standard InChI is InChI=1S/C24H32N4S.HI/c1-25-24(26-16-20-12-14-27(17-20)22-8-4-2-5-9-22)28-15-13-21(18-28)19-29-23-10-6-3-7-11-23;/h2-11,20-21H,12-19H2,1H3,(H,25,26);1H. The number of hydrogen-bond acceptors (Lipinski definition) is 3. The largest absolute Gasteiger partial charge is 0.371 e. The van der Waals surface area contributed by atoms with Gasteiger partial charge >= 0.3 is 0 Å². The molecule has 162 valence electrons. The number of nitrogens with zero attached hydrogens (tertiary/aromatic N) is 3.